The van der Waals surface area contributed by atoms with Crippen molar-refractivity contribution in [2.75, 3.05) is 0 Å². The quantitative estimate of drug-likeness (QED) is 0.861. The lowest BCUT2D eigenvalue weighted by Gasteiger charge is -2.25. The molecule has 0 aliphatic heterocycles. The van der Waals surface area contributed by atoms with Gasteiger partial charge in [0.2, 0.25) is 0 Å². The van der Waals surface area contributed by atoms with Crippen molar-refractivity contribution in [1.29, 1.82) is 0 Å². The lowest BCUT2D eigenvalue weighted by Crippen LogP contribution is -2.22. The molecule has 0 saturated heterocycles. The zero-order valence-corrected chi connectivity index (χ0v) is 11.7. The monoisotopic (exact) mass is 262 g/mol. The van der Waals surface area contributed by atoms with Crippen molar-refractivity contribution in [2.45, 2.75) is 58.3 Å². The molecule has 19 heavy (non-hydrogen) atoms. The predicted octanol–water partition coefficient (Wildman–Crippen LogP) is 2.89. The maximum Gasteiger partial charge on any atom is 0.306 e. The molecule has 0 bridgehead atoms. The lowest BCUT2D eigenvalue weighted by molar-refractivity contribution is -0.142. The van der Waals surface area contributed by atoms with E-state index in [4.69, 9.17) is 10.1 Å². The van der Waals surface area contributed by atoms with E-state index in [2.05, 4.69) is 18.8 Å². The average Bonchev–Trinajstić information content (AvgIpc) is 2.89. The molecule has 1 fully saturated rings. The van der Waals surface area contributed by atoms with Crippen LogP contribution in [-0.2, 0) is 17.6 Å². The zero-order chi connectivity index (χ0) is 13.6. The molecule has 2 aliphatic rings. The summed E-state index contributed by atoms with van der Waals surface area (Å²) in [6.45, 7) is 4.62. The summed E-state index contributed by atoms with van der Waals surface area (Å²) < 4.78 is 0. The topological polar surface area (TPSA) is 66.0 Å². The van der Waals surface area contributed by atoms with Crippen LogP contribution in [0.3, 0.4) is 0 Å². The molecule has 3 rings (SSSR count). The van der Waals surface area contributed by atoms with E-state index in [-0.39, 0.29) is 5.92 Å². The van der Waals surface area contributed by atoms with Crippen molar-refractivity contribution in [3.8, 4) is 0 Å². The summed E-state index contributed by atoms with van der Waals surface area (Å²) in [6.07, 6.45) is 5.85. The fourth-order valence-corrected chi connectivity index (χ4v) is 3.71. The van der Waals surface area contributed by atoms with Gasteiger partial charge in [0.1, 0.15) is 5.82 Å². The van der Waals surface area contributed by atoms with Gasteiger partial charge in [0.25, 0.3) is 0 Å². The van der Waals surface area contributed by atoms with E-state index in [9.17, 15) is 4.79 Å². The van der Waals surface area contributed by atoms with E-state index in [0.29, 0.717) is 17.8 Å². The summed E-state index contributed by atoms with van der Waals surface area (Å²) in [5.41, 5.74) is 2.48. The maximum absolute atomic E-state index is 11.1. The standard InChI is InChI=1S/C15H22N2O2/c1-15(2)7-3-4-10(15)13-16-11-6-5-9(14(18)19)8-12(11)17-13/h9-10H,3-8H2,1-2H3,(H,16,17)(H,18,19). The predicted molar refractivity (Wildman–Crippen MR) is 72.1 cm³/mol. The number of nitrogens with one attached hydrogen (secondary N) is 1. The Morgan fingerprint density at radius 3 is 2.84 bits per heavy atom. The molecule has 2 atom stereocenters. The molecular weight excluding hydrogens is 240 g/mol. The number of aryl methyl sites for hydroxylation is 1. The largest absolute Gasteiger partial charge is 0.481 e. The number of nitrogens with zero attached hydrogens (tertiary/aromatic N) is 1. The molecule has 4 nitrogen and oxygen atoms in total. The van der Waals surface area contributed by atoms with E-state index in [1.165, 1.54) is 19.3 Å². The second-order valence-corrected chi connectivity index (χ2v) is 6.76. The number of aromatic amines is 1. The van der Waals surface area contributed by atoms with Gasteiger partial charge in [-0.1, -0.05) is 20.3 Å². The molecule has 4 heteroatoms. The summed E-state index contributed by atoms with van der Waals surface area (Å²) in [4.78, 5) is 19.3. The third-order valence-corrected chi connectivity index (χ3v) is 5.00. The second-order valence-electron chi connectivity index (χ2n) is 6.76. The number of H-pyrrole nitrogens is 1. The summed E-state index contributed by atoms with van der Waals surface area (Å²) in [7, 11) is 0. The Kier molecular flexibility index (Phi) is 2.91. The van der Waals surface area contributed by atoms with Gasteiger partial charge in [-0.15, -0.1) is 0 Å². The Morgan fingerprint density at radius 2 is 2.21 bits per heavy atom. The fraction of sp³-hybridized carbons (Fsp3) is 0.733. The number of aromatic nitrogens is 2. The van der Waals surface area contributed by atoms with Gasteiger partial charge in [0.05, 0.1) is 11.6 Å². The summed E-state index contributed by atoms with van der Waals surface area (Å²) in [5, 5.41) is 9.13. The minimum atomic E-state index is -0.678. The Bertz CT molecular complexity index is 504. The Labute approximate surface area is 113 Å². The SMILES string of the molecule is CC1(C)CCCC1c1nc2c([nH]1)CC(C(=O)O)CC2. The molecule has 0 amide bonds. The molecule has 1 saturated carbocycles. The van der Waals surface area contributed by atoms with E-state index in [1.54, 1.807) is 0 Å². The van der Waals surface area contributed by atoms with Crippen molar-refractivity contribution in [2.24, 2.45) is 11.3 Å². The van der Waals surface area contributed by atoms with Crippen molar-refractivity contribution in [1.82, 2.24) is 9.97 Å². The van der Waals surface area contributed by atoms with E-state index >= 15 is 0 Å². The molecule has 1 aromatic rings. The fourth-order valence-electron chi connectivity index (χ4n) is 3.71. The number of hydrogen-bond donors (Lipinski definition) is 2. The highest BCUT2D eigenvalue weighted by Gasteiger charge is 2.38. The number of hydrogen-bond acceptors (Lipinski definition) is 2. The maximum atomic E-state index is 11.1. The highest BCUT2D eigenvalue weighted by molar-refractivity contribution is 5.70. The molecule has 0 spiro atoms. The second kappa shape index (κ2) is 4.36. The average molecular weight is 262 g/mol. The highest BCUT2D eigenvalue weighted by atomic mass is 16.4. The van der Waals surface area contributed by atoms with Gasteiger partial charge < -0.3 is 10.1 Å². The Morgan fingerprint density at radius 1 is 1.42 bits per heavy atom. The van der Waals surface area contributed by atoms with Crippen molar-refractivity contribution in [3.05, 3.63) is 17.2 Å². The molecule has 0 radical (unpaired) electrons. The van der Waals surface area contributed by atoms with Crippen LogP contribution >= 0.6 is 0 Å². The van der Waals surface area contributed by atoms with Gasteiger partial charge >= 0.3 is 5.97 Å². The van der Waals surface area contributed by atoms with Crippen LogP contribution in [0.5, 0.6) is 0 Å². The van der Waals surface area contributed by atoms with Crippen molar-refractivity contribution < 1.29 is 9.90 Å². The van der Waals surface area contributed by atoms with Crippen LogP contribution in [0.15, 0.2) is 0 Å². The van der Waals surface area contributed by atoms with Crippen LogP contribution in [0.4, 0.5) is 0 Å². The smallest absolute Gasteiger partial charge is 0.306 e. The lowest BCUT2D eigenvalue weighted by atomic mass is 9.81. The molecule has 2 aliphatic carbocycles. The van der Waals surface area contributed by atoms with Crippen molar-refractivity contribution in [3.63, 3.8) is 0 Å². The first-order valence-corrected chi connectivity index (χ1v) is 7.28. The minimum absolute atomic E-state index is 0.239. The van der Waals surface area contributed by atoms with Crippen LogP contribution < -0.4 is 0 Å². The summed E-state index contributed by atoms with van der Waals surface area (Å²) in [5.74, 6) is 0.681. The van der Waals surface area contributed by atoms with Crippen LogP contribution in [0.1, 0.15) is 62.7 Å². The van der Waals surface area contributed by atoms with Gasteiger partial charge in [-0.25, -0.2) is 4.98 Å². The van der Waals surface area contributed by atoms with Gasteiger partial charge in [0.15, 0.2) is 0 Å². The highest BCUT2D eigenvalue weighted by Crippen LogP contribution is 2.48. The molecule has 1 aromatic heterocycles. The van der Waals surface area contributed by atoms with Crippen LogP contribution in [0.25, 0.3) is 0 Å². The first kappa shape index (κ1) is 12.7. The Hall–Kier alpha value is -1.32. The molecular formula is C15H22N2O2. The number of rotatable bonds is 2. The number of imidazole rings is 1. The number of fused-ring (bicyclic) bond motifs is 1. The molecule has 1 heterocycles. The number of aliphatic carboxylic acids is 1. The zero-order valence-electron chi connectivity index (χ0n) is 11.7. The molecule has 104 valence electrons. The van der Waals surface area contributed by atoms with Crippen LogP contribution in [-0.4, -0.2) is 21.0 Å². The number of carbonyl (C=O) groups is 1. The first-order valence-electron chi connectivity index (χ1n) is 7.28. The van der Waals surface area contributed by atoms with Gasteiger partial charge in [-0.2, -0.15) is 0 Å². The van der Waals surface area contributed by atoms with Gasteiger partial charge in [0, 0.05) is 18.0 Å². The molecule has 0 aromatic carbocycles. The van der Waals surface area contributed by atoms with Crippen LogP contribution in [0, 0.1) is 11.3 Å². The van der Waals surface area contributed by atoms with Crippen LogP contribution in [0.2, 0.25) is 0 Å². The molecule has 2 N–H and O–H groups in total. The minimum Gasteiger partial charge on any atom is -0.481 e. The number of carboxylic acids is 1. The Balaban J connectivity index is 1.86. The third kappa shape index (κ3) is 2.17. The van der Waals surface area contributed by atoms with E-state index < -0.39 is 5.97 Å². The normalized spacial score (nSPS) is 29.2. The van der Waals surface area contributed by atoms with E-state index in [1.807, 2.05) is 0 Å². The van der Waals surface area contributed by atoms with E-state index in [0.717, 1.165) is 30.1 Å². The van der Waals surface area contributed by atoms with Crippen molar-refractivity contribution >= 4 is 5.97 Å². The third-order valence-electron chi connectivity index (χ3n) is 5.00. The summed E-state index contributed by atoms with van der Waals surface area (Å²) >= 11 is 0. The number of carboxylic acid groups (broad SMARTS) is 1. The van der Waals surface area contributed by atoms with Gasteiger partial charge in [-0.3, -0.25) is 4.79 Å². The molecule has 2 unspecified atom stereocenters. The summed E-state index contributed by atoms with van der Waals surface area (Å²) in [6, 6.07) is 0. The van der Waals surface area contributed by atoms with Gasteiger partial charge in [-0.05, 0) is 31.1 Å². The first-order chi connectivity index (χ1) is 8.97.